The van der Waals surface area contributed by atoms with Crippen LogP contribution in [-0.4, -0.2) is 36.7 Å². The Bertz CT molecular complexity index is 1400. The summed E-state index contributed by atoms with van der Waals surface area (Å²) in [6, 6.07) is 18.4. The van der Waals surface area contributed by atoms with E-state index in [1.54, 1.807) is 17.0 Å². The van der Waals surface area contributed by atoms with Gasteiger partial charge in [-0.1, -0.05) is 50.2 Å². The molecule has 4 rings (SSSR count). The molecular weight excluding hydrogens is 506 g/mol. The van der Waals surface area contributed by atoms with E-state index in [0.29, 0.717) is 23.9 Å². The van der Waals surface area contributed by atoms with Gasteiger partial charge >= 0.3 is 12.0 Å². The van der Waals surface area contributed by atoms with Gasteiger partial charge in [-0.3, -0.25) is 9.59 Å². The number of benzene rings is 3. The molecule has 1 aliphatic rings. The van der Waals surface area contributed by atoms with E-state index in [9.17, 15) is 19.5 Å². The number of rotatable bonds is 10. The van der Waals surface area contributed by atoms with Crippen LogP contribution in [0.5, 0.6) is 5.75 Å². The number of hydrogen-bond acceptors (Lipinski definition) is 4. The summed E-state index contributed by atoms with van der Waals surface area (Å²) in [5.74, 6) is -0.0312. The van der Waals surface area contributed by atoms with Gasteiger partial charge in [0.25, 0.3) is 0 Å². The molecule has 3 aromatic rings. The van der Waals surface area contributed by atoms with Crippen LogP contribution in [-0.2, 0) is 22.4 Å². The predicted octanol–water partition coefficient (Wildman–Crippen LogP) is 6.38. The number of urea groups is 1. The minimum absolute atomic E-state index is 0.0316. The van der Waals surface area contributed by atoms with Gasteiger partial charge in [0.1, 0.15) is 5.75 Å². The number of nitrogens with one attached hydrogen (secondary N) is 2. The van der Waals surface area contributed by atoms with Gasteiger partial charge in [-0.25, -0.2) is 4.79 Å². The van der Waals surface area contributed by atoms with Gasteiger partial charge in [0.15, 0.2) is 0 Å². The standard InChI is InChI=1S/C32H37N3O5/c1-20(2)15-25(19-31(37)38)23-10-12-28-24(18-23)13-14-35(28)30(36)17-22-9-11-27(29(16-22)40-4)34-32(39)33-26-8-6-5-7-21(26)3/h5-12,16,18,20,25H,13-15,17,19H2,1-4H3,(H,37,38)(H2,33,34,39). The topological polar surface area (TPSA) is 108 Å². The van der Waals surface area contributed by atoms with Crippen molar-refractivity contribution in [1.82, 2.24) is 0 Å². The fourth-order valence-corrected chi connectivity index (χ4v) is 5.26. The predicted molar refractivity (Wildman–Crippen MR) is 157 cm³/mol. The molecule has 0 radical (unpaired) electrons. The normalized spacial score (nSPS) is 13.1. The molecule has 0 saturated heterocycles. The number of ether oxygens (including phenoxy) is 1. The number of fused-ring (bicyclic) bond motifs is 1. The molecule has 0 aliphatic carbocycles. The van der Waals surface area contributed by atoms with Gasteiger partial charge in [0, 0.05) is 17.9 Å². The Morgan fingerprint density at radius 2 is 1.75 bits per heavy atom. The maximum atomic E-state index is 13.3. The number of methoxy groups -OCH3 is 1. The van der Waals surface area contributed by atoms with Crippen molar-refractivity contribution < 1.29 is 24.2 Å². The number of amides is 3. The number of anilines is 3. The maximum Gasteiger partial charge on any atom is 0.323 e. The second kappa shape index (κ2) is 12.7. The van der Waals surface area contributed by atoms with Gasteiger partial charge < -0.3 is 25.4 Å². The van der Waals surface area contributed by atoms with Crippen LogP contribution in [0.1, 0.15) is 54.9 Å². The summed E-state index contributed by atoms with van der Waals surface area (Å²) in [5.41, 5.74) is 5.91. The first kappa shape index (κ1) is 28.7. The number of carbonyl (C=O) groups is 3. The van der Waals surface area contributed by atoms with Gasteiger partial charge in [0.2, 0.25) is 5.91 Å². The summed E-state index contributed by atoms with van der Waals surface area (Å²) < 4.78 is 5.51. The van der Waals surface area contributed by atoms with Crippen LogP contribution in [0.3, 0.4) is 0 Å². The zero-order valence-electron chi connectivity index (χ0n) is 23.5. The highest BCUT2D eigenvalue weighted by molar-refractivity contribution is 6.01. The summed E-state index contributed by atoms with van der Waals surface area (Å²) in [7, 11) is 1.52. The molecule has 1 heterocycles. The Morgan fingerprint density at radius 1 is 1.00 bits per heavy atom. The highest BCUT2D eigenvalue weighted by atomic mass is 16.5. The number of aryl methyl sites for hydroxylation is 1. The number of carbonyl (C=O) groups excluding carboxylic acids is 2. The number of nitrogens with zero attached hydrogens (tertiary/aromatic N) is 1. The van der Waals surface area contributed by atoms with Crippen molar-refractivity contribution in [3.05, 3.63) is 82.9 Å². The van der Waals surface area contributed by atoms with Crippen LogP contribution in [0.4, 0.5) is 21.9 Å². The first-order valence-electron chi connectivity index (χ1n) is 13.6. The lowest BCUT2D eigenvalue weighted by molar-refractivity contribution is -0.137. The molecule has 1 unspecified atom stereocenters. The molecule has 210 valence electrons. The average molecular weight is 544 g/mol. The highest BCUT2D eigenvalue weighted by Crippen LogP contribution is 2.35. The first-order valence-corrected chi connectivity index (χ1v) is 13.6. The van der Waals surface area contributed by atoms with Crippen molar-refractivity contribution in [2.24, 2.45) is 5.92 Å². The number of para-hydroxylation sites is 1. The summed E-state index contributed by atoms with van der Waals surface area (Å²) >= 11 is 0. The van der Waals surface area contributed by atoms with E-state index in [1.165, 1.54) is 7.11 Å². The molecule has 0 bridgehead atoms. The average Bonchev–Trinajstić information content (AvgIpc) is 3.33. The molecule has 8 heteroatoms. The van der Waals surface area contributed by atoms with Gasteiger partial charge in [-0.05, 0) is 78.1 Å². The Kier molecular flexibility index (Phi) is 9.09. The van der Waals surface area contributed by atoms with E-state index < -0.39 is 5.97 Å². The van der Waals surface area contributed by atoms with E-state index in [-0.39, 0.29) is 30.7 Å². The molecule has 3 amide bonds. The van der Waals surface area contributed by atoms with E-state index >= 15 is 0 Å². The lowest BCUT2D eigenvalue weighted by Gasteiger charge is -2.21. The molecule has 0 aromatic heterocycles. The molecule has 0 spiro atoms. The fourth-order valence-electron chi connectivity index (χ4n) is 5.26. The quantitative estimate of drug-likeness (QED) is 0.275. The van der Waals surface area contributed by atoms with Crippen molar-refractivity contribution in [2.45, 2.75) is 52.4 Å². The second-order valence-electron chi connectivity index (χ2n) is 10.7. The van der Waals surface area contributed by atoms with Crippen molar-refractivity contribution >= 4 is 35.0 Å². The molecule has 40 heavy (non-hydrogen) atoms. The van der Waals surface area contributed by atoms with Crippen LogP contribution in [0.2, 0.25) is 0 Å². The monoisotopic (exact) mass is 543 g/mol. The van der Waals surface area contributed by atoms with Crippen LogP contribution in [0, 0.1) is 12.8 Å². The summed E-state index contributed by atoms with van der Waals surface area (Å²) in [6.45, 7) is 6.70. The van der Waals surface area contributed by atoms with Crippen LogP contribution >= 0.6 is 0 Å². The van der Waals surface area contributed by atoms with Crippen molar-refractivity contribution in [2.75, 3.05) is 29.2 Å². The van der Waals surface area contributed by atoms with Gasteiger partial charge in [-0.2, -0.15) is 0 Å². The molecule has 0 fully saturated rings. The second-order valence-corrected chi connectivity index (χ2v) is 10.7. The lowest BCUT2D eigenvalue weighted by Crippen LogP contribution is -2.30. The molecule has 1 aliphatic heterocycles. The lowest BCUT2D eigenvalue weighted by atomic mass is 9.87. The van der Waals surface area contributed by atoms with Crippen LogP contribution in [0.15, 0.2) is 60.7 Å². The summed E-state index contributed by atoms with van der Waals surface area (Å²) in [6.07, 6.45) is 1.81. The number of carboxylic acids is 1. The summed E-state index contributed by atoms with van der Waals surface area (Å²) in [4.78, 5) is 39.1. The molecule has 8 nitrogen and oxygen atoms in total. The van der Waals surface area contributed by atoms with E-state index in [4.69, 9.17) is 4.74 Å². The molecular formula is C32H37N3O5. The Balaban J connectivity index is 1.43. The van der Waals surface area contributed by atoms with Crippen molar-refractivity contribution in [1.29, 1.82) is 0 Å². The van der Waals surface area contributed by atoms with Crippen LogP contribution in [0.25, 0.3) is 0 Å². The molecule has 1 atom stereocenters. The first-order chi connectivity index (χ1) is 19.1. The SMILES string of the molecule is COc1cc(CC(=O)N2CCc3cc(C(CC(=O)O)CC(C)C)ccc32)ccc1NC(=O)Nc1ccccc1C. The maximum absolute atomic E-state index is 13.3. The minimum atomic E-state index is -0.800. The number of aliphatic carboxylic acids is 1. The van der Waals surface area contributed by atoms with Crippen LogP contribution < -0.4 is 20.3 Å². The Morgan fingerprint density at radius 3 is 2.45 bits per heavy atom. The number of hydrogen-bond donors (Lipinski definition) is 3. The molecule has 0 saturated carbocycles. The smallest absolute Gasteiger partial charge is 0.323 e. The van der Waals surface area contributed by atoms with Crippen molar-refractivity contribution in [3.8, 4) is 5.75 Å². The largest absolute Gasteiger partial charge is 0.495 e. The van der Waals surface area contributed by atoms with Gasteiger partial charge in [0.05, 0.1) is 25.6 Å². The summed E-state index contributed by atoms with van der Waals surface area (Å²) in [5, 5.41) is 15.0. The zero-order chi connectivity index (χ0) is 28.8. The van der Waals surface area contributed by atoms with Gasteiger partial charge in [-0.15, -0.1) is 0 Å². The highest BCUT2D eigenvalue weighted by Gasteiger charge is 2.27. The molecule has 3 N–H and O–H groups in total. The third-order valence-electron chi connectivity index (χ3n) is 7.21. The van der Waals surface area contributed by atoms with E-state index in [1.807, 2.05) is 49.4 Å². The Labute approximate surface area is 235 Å². The number of carboxylic acid groups (broad SMARTS) is 1. The third-order valence-corrected chi connectivity index (χ3v) is 7.21. The zero-order valence-corrected chi connectivity index (χ0v) is 23.5. The Hall–Kier alpha value is -4.33. The van der Waals surface area contributed by atoms with Crippen molar-refractivity contribution in [3.63, 3.8) is 0 Å². The van der Waals surface area contributed by atoms with E-state index in [0.717, 1.165) is 46.5 Å². The fraction of sp³-hybridized carbons (Fsp3) is 0.344. The van der Waals surface area contributed by atoms with E-state index in [2.05, 4.69) is 30.5 Å². The minimum Gasteiger partial charge on any atom is -0.495 e. The third kappa shape index (κ3) is 7.00. The molecule has 3 aromatic carbocycles.